The summed E-state index contributed by atoms with van der Waals surface area (Å²) in [6.07, 6.45) is 1.61. The van der Waals surface area contributed by atoms with Gasteiger partial charge in [-0.3, -0.25) is 14.5 Å². The van der Waals surface area contributed by atoms with Gasteiger partial charge in [0.25, 0.3) is 5.91 Å². The molecule has 2 aliphatic rings. The van der Waals surface area contributed by atoms with Crippen LogP contribution in [-0.4, -0.2) is 67.5 Å². The number of thiophene rings is 1. The van der Waals surface area contributed by atoms with Crippen molar-refractivity contribution in [3.05, 3.63) is 56.4 Å². The van der Waals surface area contributed by atoms with Crippen molar-refractivity contribution in [1.82, 2.24) is 19.9 Å². The van der Waals surface area contributed by atoms with Crippen LogP contribution >= 0.6 is 34.9 Å². The van der Waals surface area contributed by atoms with Gasteiger partial charge in [0.15, 0.2) is 0 Å². The first-order valence-corrected chi connectivity index (χ1v) is 12.3. The Morgan fingerprint density at radius 1 is 1.38 bits per heavy atom. The first-order chi connectivity index (χ1) is 15.4. The fraction of sp³-hybridized carbons (Fsp3) is 0.316. The van der Waals surface area contributed by atoms with Crippen molar-refractivity contribution in [1.29, 1.82) is 0 Å². The first kappa shape index (κ1) is 22.4. The molecule has 2 aromatic heterocycles. The smallest absolute Gasteiger partial charge is 0.381 e. The van der Waals surface area contributed by atoms with Crippen molar-refractivity contribution in [2.75, 3.05) is 18.6 Å². The maximum absolute atomic E-state index is 12.7. The van der Waals surface area contributed by atoms with Gasteiger partial charge in [-0.1, -0.05) is 6.07 Å². The lowest BCUT2D eigenvalue weighted by Crippen LogP contribution is -2.70. The highest BCUT2D eigenvalue weighted by Crippen LogP contribution is 2.41. The zero-order chi connectivity index (χ0) is 22.8. The van der Waals surface area contributed by atoms with Crippen LogP contribution in [0.2, 0.25) is 0 Å². The number of thioether (sulfide) groups is 2. The van der Waals surface area contributed by atoms with Crippen LogP contribution in [0.25, 0.3) is 0 Å². The molecule has 2 aliphatic heterocycles. The molecule has 0 aliphatic carbocycles. The summed E-state index contributed by atoms with van der Waals surface area (Å²) >= 11 is 4.06. The summed E-state index contributed by atoms with van der Waals surface area (Å²) in [6.45, 7) is 0. The number of carboxylic acid groups (broad SMARTS) is 1. The van der Waals surface area contributed by atoms with Crippen LogP contribution in [0.4, 0.5) is 0 Å². The topological polar surface area (TPSA) is 131 Å². The molecule has 0 saturated carbocycles. The molecular weight excluding hydrogens is 476 g/mol. The number of aliphatic carboxylic acids is 1. The molecule has 2 N–H and O–H groups in total. The maximum Gasteiger partial charge on any atom is 0.381 e. The lowest BCUT2D eigenvalue weighted by Gasteiger charge is -2.49. The molecule has 32 heavy (non-hydrogen) atoms. The summed E-state index contributed by atoms with van der Waals surface area (Å²) < 4.78 is 0.971. The molecule has 4 rings (SSSR count). The second-order valence-electron chi connectivity index (χ2n) is 6.81. The summed E-state index contributed by atoms with van der Waals surface area (Å²) in [6, 6.07) is 4.53. The lowest BCUT2D eigenvalue weighted by atomic mass is 10.0. The minimum absolute atomic E-state index is 0.0692. The quantitative estimate of drug-likeness (QED) is 0.305. The van der Waals surface area contributed by atoms with Crippen LogP contribution in [0.3, 0.4) is 0 Å². The molecule has 2 aromatic rings. The van der Waals surface area contributed by atoms with Gasteiger partial charge >= 0.3 is 11.7 Å². The third-order valence-corrected chi connectivity index (χ3v) is 8.05. The van der Waals surface area contributed by atoms with E-state index >= 15 is 0 Å². The van der Waals surface area contributed by atoms with Gasteiger partial charge in [0, 0.05) is 16.4 Å². The Morgan fingerprint density at radius 3 is 2.84 bits per heavy atom. The van der Waals surface area contributed by atoms with Crippen LogP contribution in [0.5, 0.6) is 0 Å². The summed E-state index contributed by atoms with van der Waals surface area (Å²) in [5, 5.41) is 14.3. The number of amides is 2. The Balaban J connectivity index is 1.44. The molecule has 2 atom stereocenters. The zero-order valence-corrected chi connectivity index (χ0v) is 19.2. The molecule has 10 nitrogen and oxygen atoms in total. The Bertz CT molecular complexity index is 1150. The van der Waals surface area contributed by atoms with E-state index in [2.05, 4.69) is 10.3 Å². The number of fused-ring (bicyclic) bond motifs is 1. The van der Waals surface area contributed by atoms with Crippen LogP contribution in [-0.2, 0) is 20.8 Å². The van der Waals surface area contributed by atoms with E-state index < -0.39 is 29.0 Å². The Kier molecular flexibility index (Phi) is 6.58. The molecule has 4 heterocycles. The molecule has 0 aromatic carbocycles. The minimum atomic E-state index is -1.20. The molecule has 0 radical (unpaired) electrons. The van der Waals surface area contributed by atoms with Crippen LogP contribution in [0, 0.1) is 0 Å². The number of carboxylic acids is 1. The zero-order valence-electron chi connectivity index (χ0n) is 16.7. The van der Waals surface area contributed by atoms with E-state index in [9.17, 15) is 24.3 Å². The van der Waals surface area contributed by atoms with Crippen molar-refractivity contribution in [2.24, 2.45) is 0 Å². The van der Waals surface area contributed by atoms with Crippen LogP contribution in [0.15, 0.2) is 50.9 Å². The molecular formula is C19H18N4O6S3. The number of hydrogen-bond donors (Lipinski definition) is 2. The summed E-state index contributed by atoms with van der Waals surface area (Å²) in [4.78, 5) is 59.6. The number of β-lactam (4-membered cyclic amide) rings is 1. The van der Waals surface area contributed by atoms with E-state index in [1.807, 2.05) is 17.5 Å². The van der Waals surface area contributed by atoms with Gasteiger partial charge in [-0.2, -0.15) is 4.98 Å². The fourth-order valence-corrected chi connectivity index (χ4v) is 6.39. The highest BCUT2D eigenvalue weighted by atomic mass is 32.2. The predicted octanol–water partition coefficient (Wildman–Crippen LogP) is 0.437. The van der Waals surface area contributed by atoms with E-state index in [0.29, 0.717) is 16.4 Å². The van der Waals surface area contributed by atoms with Gasteiger partial charge in [0.2, 0.25) is 5.91 Å². The number of nitrogens with zero attached hydrogens (tertiary/aromatic N) is 3. The maximum atomic E-state index is 12.7. The monoisotopic (exact) mass is 494 g/mol. The van der Waals surface area contributed by atoms with Crippen molar-refractivity contribution in [2.45, 2.75) is 22.9 Å². The summed E-state index contributed by atoms with van der Waals surface area (Å²) in [5.41, 5.74) is -0.0968. The Labute approximate surface area is 194 Å². The fourth-order valence-electron chi connectivity index (χ4n) is 3.35. The standard InChI is InChI=1S/C19H18N4O6S3/c1-29-22-5-4-13(21-19(22)28)31-8-10-9-32-17-14(16(25)23(17)15(10)18(26)27)20-12(24)7-11-3-2-6-30-11/h2-6,14,17H,7-9H2,1H3,(H,20,24)(H,26,27)/t14-,17+/m1/s1. The van der Waals surface area contributed by atoms with E-state index in [1.165, 1.54) is 53.1 Å². The van der Waals surface area contributed by atoms with E-state index in [4.69, 9.17) is 4.84 Å². The second kappa shape index (κ2) is 9.38. The number of carbonyl (C=O) groups is 3. The van der Waals surface area contributed by atoms with Gasteiger partial charge in [-0.05, 0) is 23.1 Å². The highest BCUT2D eigenvalue weighted by Gasteiger charge is 2.54. The van der Waals surface area contributed by atoms with Crippen molar-refractivity contribution >= 4 is 52.6 Å². The molecule has 2 amide bonds. The van der Waals surface area contributed by atoms with Gasteiger partial charge in [-0.15, -0.1) is 39.6 Å². The molecule has 0 unspecified atom stereocenters. The number of rotatable bonds is 8. The third-order valence-electron chi connectivity index (χ3n) is 4.82. The van der Waals surface area contributed by atoms with Crippen LogP contribution in [0.1, 0.15) is 4.88 Å². The Hall–Kier alpha value is -2.77. The number of hydrogen-bond acceptors (Lipinski definition) is 9. The summed E-state index contributed by atoms with van der Waals surface area (Å²) in [7, 11) is 1.34. The minimum Gasteiger partial charge on any atom is -0.477 e. The number of nitrogens with one attached hydrogen (secondary N) is 1. The molecule has 0 bridgehead atoms. The summed E-state index contributed by atoms with van der Waals surface area (Å²) in [5.74, 6) is -1.28. The average molecular weight is 495 g/mol. The van der Waals surface area contributed by atoms with E-state index in [0.717, 1.165) is 9.61 Å². The first-order valence-electron chi connectivity index (χ1n) is 9.37. The van der Waals surface area contributed by atoms with E-state index in [-0.39, 0.29) is 23.8 Å². The molecule has 13 heteroatoms. The Morgan fingerprint density at radius 2 is 2.19 bits per heavy atom. The second-order valence-corrected chi connectivity index (χ2v) is 9.95. The van der Waals surface area contributed by atoms with Gasteiger partial charge in [-0.25, -0.2) is 9.59 Å². The molecule has 1 fully saturated rings. The predicted molar refractivity (Wildman–Crippen MR) is 119 cm³/mol. The molecule has 1 saturated heterocycles. The van der Waals surface area contributed by atoms with Gasteiger partial charge in [0.1, 0.15) is 29.2 Å². The van der Waals surface area contributed by atoms with E-state index in [1.54, 1.807) is 6.07 Å². The molecule has 168 valence electrons. The van der Waals surface area contributed by atoms with Crippen molar-refractivity contribution in [3.63, 3.8) is 0 Å². The third kappa shape index (κ3) is 4.40. The van der Waals surface area contributed by atoms with Gasteiger partial charge in [0.05, 0.1) is 12.6 Å². The van der Waals surface area contributed by atoms with Crippen molar-refractivity contribution < 1.29 is 24.3 Å². The normalized spacial score (nSPS) is 19.9. The highest BCUT2D eigenvalue weighted by molar-refractivity contribution is 8.01. The largest absolute Gasteiger partial charge is 0.477 e. The number of aromatic nitrogens is 2. The SMILES string of the molecule is COn1ccc(SCC2=C(C(=O)O)N3C(=O)[C@@H](NC(=O)Cc4cccs4)[C@@H]3SC2)nc1=O. The van der Waals surface area contributed by atoms with Crippen molar-refractivity contribution in [3.8, 4) is 0 Å². The lowest BCUT2D eigenvalue weighted by molar-refractivity contribution is -0.150. The average Bonchev–Trinajstić information content (AvgIpc) is 3.28. The molecule has 0 spiro atoms. The van der Waals surface area contributed by atoms with Gasteiger partial charge < -0.3 is 15.3 Å². The number of carbonyl (C=O) groups excluding carboxylic acids is 2. The van der Waals surface area contributed by atoms with Crippen LogP contribution < -0.4 is 15.8 Å².